The molecule has 4 rings (SSSR count). The molecule has 8 nitrogen and oxygen atoms in total. The molecule has 0 spiro atoms. The third-order valence-corrected chi connectivity index (χ3v) is 6.62. The number of rotatable bonds is 4. The Morgan fingerprint density at radius 1 is 0.903 bits per heavy atom. The van der Waals surface area contributed by atoms with Gasteiger partial charge in [-0.2, -0.15) is 0 Å². The van der Waals surface area contributed by atoms with E-state index in [1.54, 1.807) is 29.2 Å². The number of piperidine rings is 1. The van der Waals surface area contributed by atoms with Crippen LogP contribution in [0.3, 0.4) is 0 Å². The molecule has 166 valence electrons. The van der Waals surface area contributed by atoms with Crippen LogP contribution in [0.1, 0.15) is 41.0 Å². The molecular formula is C23H31N4O4+. The van der Waals surface area contributed by atoms with Crippen LogP contribution in [0.25, 0.3) is 0 Å². The predicted octanol–water partition coefficient (Wildman–Crippen LogP) is -0.486. The number of benzene rings is 1. The first kappa shape index (κ1) is 21.5. The second kappa shape index (κ2) is 8.78. The Morgan fingerprint density at radius 3 is 2.00 bits per heavy atom. The molecule has 1 aromatic rings. The van der Waals surface area contributed by atoms with Crippen molar-refractivity contribution in [2.24, 2.45) is 11.8 Å². The number of carbonyl (C=O) groups is 4. The Hall–Kier alpha value is -2.74. The molecule has 3 aliphatic rings. The molecule has 0 radical (unpaired) electrons. The third-order valence-electron chi connectivity index (χ3n) is 6.62. The van der Waals surface area contributed by atoms with Crippen LogP contribution in [-0.4, -0.2) is 90.7 Å². The van der Waals surface area contributed by atoms with Gasteiger partial charge in [0.1, 0.15) is 6.54 Å². The fourth-order valence-electron chi connectivity index (χ4n) is 5.06. The van der Waals surface area contributed by atoms with Crippen LogP contribution >= 0.6 is 0 Å². The fourth-order valence-corrected chi connectivity index (χ4v) is 5.06. The summed E-state index contributed by atoms with van der Waals surface area (Å²) in [7, 11) is 0. The van der Waals surface area contributed by atoms with E-state index in [2.05, 4.69) is 13.8 Å². The highest BCUT2D eigenvalue weighted by Gasteiger charge is 2.38. The molecule has 1 aromatic carbocycles. The quantitative estimate of drug-likeness (QED) is 0.658. The molecule has 2 fully saturated rings. The van der Waals surface area contributed by atoms with Crippen LogP contribution in [0.4, 0.5) is 0 Å². The number of nitrogens with zero attached hydrogens (tertiary/aromatic N) is 3. The zero-order chi connectivity index (χ0) is 22.1. The van der Waals surface area contributed by atoms with Crippen molar-refractivity contribution in [1.82, 2.24) is 14.7 Å². The van der Waals surface area contributed by atoms with E-state index in [0.717, 1.165) is 18.0 Å². The van der Waals surface area contributed by atoms with Crippen molar-refractivity contribution in [2.45, 2.75) is 20.3 Å². The number of nitrogens with one attached hydrogen (secondary N) is 1. The zero-order valence-corrected chi connectivity index (χ0v) is 18.3. The number of imide groups is 1. The van der Waals surface area contributed by atoms with Crippen LogP contribution in [0, 0.1) is 11.8 Å². The summed E-state index contributed by atoms with van der Waals surface area (Å²) in [5.41, 5.74) is 0.712. The number of hydrogen-bond donors (Lipinski definition) is 1. The Kier molecular flexibility index (Phi) is 6.09. The summed E-state index contributed by atoms with van der Waals surface area (Å²) < 4.78 is 0. The van der Waals surface area contributed by atoms with Gasteiger partial charge in [-0.05, 0) is 30.4 Å². The second-order valence-corrected chi connectivity index (χ2v) is 9.29. The summed E-state index contributed by atoms with van der Waals surface area (Å²) >= 11 is 0. The normalized spacial score (nSPS) is 24.5. The Balaban J connectivity index is 1.26. The zero-order valence-electron chi connectivity index (χ0n) is 18.3. The van der Waals surface area contributed by atoms with Gasteiger partial charge in [-0.25, -0.2) is 0 Å². The lowest BCUT2D eigenvalue weighted by Gasteiger charge is -2.37. The molecule has 0 bridgehead atoms. The lowest BCUT2D eigenvalue weighted by atomic mass is 9.92. The first-order valence-electron chi connectivity index (χ1n) is 11.2. The van der Waals surface area contributed by atoms with Gasteiger partial charge in [-0.1, -0.05) is 26.0 Å². The second-order valence-electron chi connectivity index (χ2n) is 9.29. The minimum absolute atomic E-state index is 0.194. The molecule has 0 aliphatic carbocycles. The van der Waals surface area contributed by atoms with Gasteiger partial charge in [-0.15, -0.1) is 0 Å². The van der Waals surface area contributed by atoms with Gasteiger partial charge < -0.3 is 14.7 Å². The first-order valence-corrected chi connectivity index (χ1v) is 11.2. The van der Waals surface area contributed by atoms with Crippen LogP contribution in [-0.2, 0) is 9.59 Å². The van der Waals surface area contributed by atoms with Gasteiger partial charge in [0, 0.05) is 13.1 Å². The van der Waals surface area contributed by atoms with Crippen molar-refractivity contribution < 1.29 is 24.1 Å². The van der Waals surface area contributed by atoms with Crippen molar-refractivity contribution in [2.75, 3.05) is 52.4 Å². The molecule has 0 saturated carbocycles. The molecule has 1 N–H and O–H groups in total. The van der Waals surface area contributed by atoms with Gasteiger partial charge in [0.05, 0.1) is 37.3 Å². The van der Waals surface area contributed by atoms with Crippen LogP contribution in [0.15, 0.2) is 24.3 Å². The van der Waals surface area contributed by atoms with Crippen molar-refractivity contribution in [1.29, 1.82) is 0 Å². The predicted molar refractivity (Wildman–Crippen MR) is 113 cm³/mol. The maximum absolute atomic E-state index is 12.7. The fraction of sp³-hybridized carbons (Fsp3) is 0.565. The molecule has 2 saturated heterocycles. The molecule has 4 amide bonds. The van der Waals surface area contributed by atoms with E-state index in [1.165, 1.54) is 11.3 Å². The summed E-state index contributed by atoms with van der Waals surface area (Å²) in [5, 5.41) is 0. The summed E-state index contributed by atoms with van der Waals surface area (Å²) in [4.78, 5) is 56.3. The Morgan fingerprint density at radius 2 is 1.45 bits per heavy atom. The van der Waals surface area contributed by atoms with E-state index in [0.29, 0.717) is 55.7 Å². The summed E-state index contributed by atoms with van der Waals surface area (Å²) in [5.74, 6) is 0.235. The van der Waals surface area contributed by atoms with Crippen molar-refractivity contribution in [3.8, 4) is 0 Å². The van der Waals surface area contributed by atoms with E-state index in [9.17, 15) is 19.2 Å². The molecule has 3 aliphatic heterocycles. The average Bonchev–Trinajstić information content (AvgIpc) is 2.98. The van der Waals surface area contributed by atoms with E-state index in [-0.39, 0.29) is 18.4 Å². The lowest BCUT2D eigenvalue weighted by molar-refractivity contribution is -0.896. The summed E-state index contributed by atoms with van der Waals surface area (Å²) in [6.07, 6.45) is 1.17. The van der Waals surface area contributed by atoms with Gasteiger partial charge in [0.25, 0.3) is 17.7 Å². The average molecular weight is 428 g/mol. The minimum atomic E-state index is -0.409. The molecule has 3 heterocycles. The molecule has 31 heavy (non-hydrogen) atoms. The molecule has 0 unspecified atom stereocenters. The van der Waals surface area contributed by atoms with E-state index in [4.69, 9.17) is 0 Å². The standard InChI is InChI=1S/C23H30N4O4/c1-16-11-17(2)13-26(12-16)20(28)14-24-7-9-25(10-8-24)21(29)15-27-22(30)18-5-3-4-6-19(18)23(27)31/h3-6,16-17H,7-15H2,1-2H3/p+1/t16-,17+. The van der Waals surface area contributed by atoms with E-state index < -0.39 is 11.8 Å². The topological polar surface area (TPSA) is 82.4 Å². The number of quaternary nitrogens is 1. The number of carbonyl (C=O) groups excluding carboxylic acids is 4. The maximum atomic E-state index is 12.7. The summed E-state index contributed by atoms with van der Waals surface area (Å²) in [6.45, 7) is 8.72. The number of hydrogen-bond acceptors (Lipinski definition) is 4. The van der Waals surface area contributed by atoms with Crippen molar-refractivity contribution >= 4 is 23.6 Å². The van der Waals surface area contributed by atoms with Crippen molar-refractivity contribution in [3.05, 3.63) is 35.4 Å². The number of fused-ring (bicyclic) bond motifs is 1. The van der Waals surface area contributed by atoms with Gasteiger partial charge in [-0.3, -0.25) is 24.1 Å². The number of likely N-dealkylation sites (tertiary alicyclic amines) is 1. The Labute approximate surface area is 182 Å². The van der Waals surface area contributed by atoms with E-state index >= 15 is 0 Å². The first-order chi connectivity index (χ1) is 14.8. The highest BCUT2D eigenvalue weighted by Crippen LogP contribution is 2.22. The smallest absolute Gasteiger partial charge is 0.277 e. The molecule has 0 aromatic heterocycles. The van der Waals surface area contributed by atoms with E-state index in [1.807, 2.05) is 4.90 Å². The largest absolute Gasteiger partial charge is 0.337 e. The third kappa shape index (κ3) is 4.49. The number of piperazine rings is 1. The van der Waals surface area contributed by atoms with Crippen LogP contribution in [0.2, 0.25) is 0 Å². The van der Waals surface area contributed by atoms with Crippen molar-refractivity contribution in [3.63, 3.8) is 0 Å². The van der Waals surface area contributed by atoms with Crippen LogP contribution in [0.5, 0.6) is 0 Å². The van der Waals surface area contributed by atoms with Gasteiger partial charge >= 0.3 is 0 Å². The molecule has 8 heteroatoms. The minimum Gasteiger partial charge on any atom is -0.337 e. The highest BCUT2D eigenvalue weighted by molar-refractivity contribution is 6.22. The number of amides is 4. The van der Waals surface area contributed by atoms with Gasteiger partial charge in [0.2, 0.25) is 5.91 Å². The maximum Gasteiger partial charge on any atom is 0.277 e. The monoisotopic (exact) mass is 427 g/mol. The molecular weight excluding hydrogens is 396 g/mol. The highest BCUT2D eigenvalue weighted by atomic mass is 16.2. The molecule has 2 atom stereocenters. The Bertz CT molecular complexity index is 848. The van der Waals surface area contributed by atoms with Crippen LogP contribution < -0.4 is 4.90 Å². The van der Waals surface area contributed by atoms with Gasteiger partial charge in [0.15, 0.2) is 6.54 Å². The lowest BCUT2D eigenvalue weighted by Crippen LogP contribution is -3.15. The summed E-state index contributed by atoms with van der Waals surface area (Å²) in [6, 6.07) is 6.65. The SMILES string of the molecule is C[C@@H]1C[C@H](C)CN(C(=O)C[NH+]2CCN(C(=O)CN3C(=O)c4ccccc4C3=O)CC2)C1.